The lowest BCUT2D eigenvalue weighted by molar-refractivity contribution is -0.276. The molecule has 0 aromatic carbocycles. The van der Waals surface area contributed by atoms with Crippen molar-refractivity contribution >= 4 is 5.97 Å². The van der Waals surface area contributed by atoms with E-state index in [1.807, 2.05) is 6.92 Å². The highest BCUT2D eigenvalue weighted by Crippen LogP contribution is 2.25. The molecule has 0 saturated carbocycles. The summed E-state index contributed by atoms with van der Waals surface area (Å²) in [6.45, 7) is 4.05. The van der Waals surface area contributed by atoms with Crippen molar-refractivity contribution < 1.29 is 29.2 Å². The van der Waals surface area contributed by atoms with Crippen molar-refractivity contribution in [2.75, 3.05) is 7.11 Å². The largest absolute Gasteiger partial charge is 0.469 e. The second-order valence-electron chi connectivity index (χ2n) is 9.13. The van der Waals surface area contributed by atoms with Crippen molar-refractivity contribution in [3.63, 3.8) is 0 Å². The average Bonchev–Trinajstić information content (AvgIpc) is 2.75. The Bertz CT molecular complexity index is 444. The Labute approximate surface area is 190 Å². The first-order valence-corrected chi connectivity index (χ1v) is 12.7. The number of ether oxygens (including phenoxy) is 3. The molecule has 1 heterocycles. The van der Waals surface area contributed by atoms with E-state index < -0.39 is 18.5 Å². The van der Waals surface area contributed by atoms with Crippen LogP contribution in [-0.2, 0) is 19.0 Å². The van der Waals surface area contributed by atoms with Crippen molar-refractivity contribution in [1.82, 2.24) is 0 Å². The van der Waals surface area contributed by atoms with E-state index in [1.54, 1.807) is 0 Å². The Balaban J connectivity index is 2.21. The minimum absolute atomic E-state index is 0.108. The van der Waals surface area contributed by atoms with Crippen LogP contribution >= 0.6 is 0 Å². The van der Waals surface area contributed by atoms with Gasteiger partial charge in [0, 0.05) is 12.8 Å². The summed E-state index contributed by atoms with van der Waals surface area (Å²) in [7, 11) is 1.44. The quantitative estimate of drug-likeness (QED) is 0.221. The monoisotopic (exact) mass is 444 g/mol. The second-order valence-corrected chi connectivity index (χ2v) is 9.13. The van der Waals surface area contributed by atoms with Crippen LogP contribution in [0.15, 0.2) is 0 Å². The summed E-state index contributed by atoms with van der Waals surface area (Å²) in [5.74, 6) is -0.108. The zero-order valence-corrected chi connectivity index (χ0v) is 20.2. The summed E-state index contributed by atoms with van der Waals surface area (Å²) < 4.78 is 16.6. The molecule has 1 aliphatic heterocycles. The van der Waals surface area contributed by atoms with Gasteiger partial charge in [-0.25, -0.2) is 0 Å². The van der Waals surface area contributed by atoms with E-state index in [2.05, 4.69) is 11.7 Å². The Morgan fingerprint density at radius 1 is 0.903 bits per heavy atom. The SMILES string of the molecule is CCCCCC[C@H](CCCCCCCCCCC(=O)OC)O[C@@H]1O[C@@H](C)[C@H](O)C[C@H]1O. The number of aliphatic hydroxyl groups excluding tert-OH is 2. The Morgan fingerprint density at radius 2 is 1.45 bits per heavy atom. The number of hydrogen-bond acceptors (Lipinski definition) is 6. The van der Waals surface area contributed by atoms with E-state index in [1.165, 1.54) is 58.5 Å². The molecular weight excluding hydrogens is 396 g/mol. The van der Waals surface area contributed by atoms with Gasteiger partial charge in [0.2, 0.25) is 0 Å². The van der Waals surface area contributed by atoms with E-state index in [4.69, 9.17) is 9.47 Å². The Kier molecular flexibility index (Phi) is 16.3. The summed E-state index contributed by atoms with van der Waals surface area (Å²) >= 11 is 0. The maximum Gasteiger partial charge on any atom is 0.305 e. The summed E-state index contributed by atoms with van der Waals surface area (Å²) in [4.78, 5) is 11.1. The smallest absolute Gasteiger partial charge is 0.305 e. The lowest BCUT2D eigenvalue weighted by atomic mass is 10.0. The molecule has 1 aliphatic rings. The summed E-state index contributed by atoms with van der Waals surface area (Å²) in [6.07, 6.45) is 14.7. The first-order chi connectivity index (χ1) is 15.0. The average molecular weight is 445 g/mol. The number of carbonyl (C=O) groups excluding carboxylic acids is 1. The number of unbranched alkanes of at least 4 members (excludes halogenated alkanes) is 10. The van der Waals surface area contributed by atoms with Gasteiger partial charge in [0.15, 0.2) is 6.29 Å². The molecule has 0 aliphatic carbocycles. The van der Waals surface area contributed by atoms with Crippen molar-refractivity contribution in [3.8, 4) is 0 Å². The number of carbonyl (C=O) groups is 1. The van der Waals surface area contributed by atoms with Gasteiger partial charge in [0.25, 0.3) is 0 Å². The van der Waals surface area contributed by atoms with Crippen LogP contribution in [0.25, 0.3) is 0 Å². The third-order valence-electron chi connectivity index (χ3n) is 6.28. The first-order valence-electron chi connectivity index (χ1n) is 12.7. The van der Waals surface area contributed by atoms with Crippen molar-refractivity contribution in [3.05, 3.63) is 0 Å². The van der Waals surface area contributed by atoms with Crippen LogP contribution in [0.3, 0.4) is 0 Å². The van der Waals surface area contributed by atoms with E-state index in [0.29, 0.717) is 12.8 Å². The standard InChI is InChI=1S/C25H48O6/c1-4-5-6-13-16-21(31-25-23(27)19-22(26)20(2)30-25)17-14-11-9-7-8-10-12-15-18-24(28)29-3/h20-23,25-27H,4-19H2,1-3H3/t20-,21+,22+,23+,25-/m0/s1. The van der Waals surface area contributed by atoms with Gasteiger partial charge < -0.3 is 24.4 Å². The third kappa shape index (κ3) is 13.5. The predicted octanol–water partition coefficient (Wildman–Crippen LogP) is 5.27. The van der Waals surface area contributed by atoms with Gasteiger partial charge >= 0.3 is 5.97 Å². The Hall–Kier alpha value is -0.690. The van der Waals surface area contributed by atoms with Gasteiger partial charge in [0.05, 0.1) is 25.4 Å². The molecule has 1 fully saturated rings. The van der Waals surface area contributed by atoms with Gasteiger partial charge in [-0.05, 0) is 26.2 Å². The van der Waals surface area contributed by atoms with Crippen LogP contribution in [0, 0.1) is 0 Å². The highest BCUT2D eigenvalue weighted by Gasteiger charge is 2.35. The maximum absolute atomic E-state index is 11.1. The molecule has 6 heteroatoms. The number of rotatable bonds is 18. The lowest BCUT2D eigenvalue weighted by Crippen LogP contribution is -2.48. The summed E-state index contributed by atoms with van der Waals surface area (Å²) in [5, 5.41) is 20.1. The van der Waals surface area contributed by atoms with Gasteiger partial charge in [-0.2, -0.15) is 0 Å². The van der Waals surface area contributed by atoms with Gasteiger partial charge in [-0.1, -0.05) is 77.6 Å². The molecular formula is C25H48O6. The van der Waals surface area contributed by atoms with E-state index in [9.17, 15) is 15.0 Å². The van der Waals surface area contributed by atoms with Gasteiger partial charge in [-0.15, -0.1) is 0 Å². The number of hydrogen-bond donors (Lipinski definition) is 2. The van der Waals surface area contributed by atoms with Crippen molar-refractivity contribution in [2.24, 2.45) is 0 Å². The molecule has 6 nitrogen and oxygen atoms in total. The van der Waals surface area contributed by atoms with Crippen LogP contribution < -0.4 is 0 Å². The Morgan fingerprint density at radius 3 is 2.03 bits per heavy atom. The van der Waals surface area contributed by atoms with Crippen LogP contribution in [0.5, 0.6) is 0 Å². The van der Waals surface area contributed by atoms with Crippen LogP contribution in [0.2, 0.25) is 0 Å². The normalized spacial score (nSPS) is 24.8. The topological polar surface area (TPSA) is 85.2 Å². The van der Waals surface area contributed by atoms with Crippen molar-refractivity contribution in [2.45, 2.75) is 147 Å². The highest BCUT2D eigenvalue weighted by molar-refractivity contribution is 5.68. The van der Waals surface area contributed by atoms with Crippen LogP contribution in [0.4, 0.5) is 0 Å². The van der Waals surface area contributed by atoms with Crippen LogP contribution in [0.1, 0.15) is 117 Å². The third-order valence-corrected chi connectivity index (χ3v) is 6.28. The molecule has 2 N–H and O–H groups in total. The highest BCUT2D eigenvalue weighted by atomic mass is 16.7. The van der Waals surface area contributed by atoms with E-state index in [0.717, 1.165) is 38.5 Å². The fourth-order valence-corrected chi connectivity index (χ4v) is 4.14. The molecule has 1 saturated heterocycles. The minimum atomic E-state index is -0.761. The number of aliphatic hydroxyl groups is 2. The molecule has 0 aromatic rings. The molecule has 0 aromatic heterocycles. The van der Waals surface area contributed by atoms with E-state index in [-0.39, 0.29) is 18.2 Å². The maximum atomic E-state index is 11.1. The molecule has 1 rings (SSSR count). The van der Waals surface area contributed by atoms with Crippen LogP contribution in [-0.4, -0.2) is 54.0 Å². The molecule has 0 radical (unpaired) electrons. The zero-order valence-electron chi connectivity index (χ0n) is 20.2. The molecule has 0 unspecified atom stereocenters. The van der Waals surface area contributed by atoms with E-state index >= 15 is 0 Å². The summed E-state index contributed by atoms with van der Waals surface area (Å²) in [5.41, 5.74) is 0. The molecule has 0 spiro atoms. The van der Waals surface area contributed by atoms with Gasteiger partial charge in [-0.3, -0.25) is 4.79 Å². The minimum Gasteiger partial charge on any atom is -0.469 e. The second kappa shape index (κ2) is 17.8. The molecule has 0 bridgehead atoms. The van der Waals surface area contributed by atoms with Crippen molar-refractivity contribution in [1.29, 1.82) is 0 Å². The number of esters is 1. The summed E-state index contributed by atoms with van der Waals surface area (Å²) in [6, 6.07) is 0. The molecule has 0 amide bonds. The fourth-order valence-electron chi connectivity index (χ4n) is 4.14. The predicted molar refractivity (Wildman–Crippen MR) is 123 cm³/mol. The first kappa shape index (κ1) is 28.3. The molecule has 184 valence electrons. The zero-order chi connectivity index (χ0) is 22.9. The van der Waals surface area contributed by atoms with Gasteiger partial charge in [0.1, 0.15) is 6.10 Å². The molecule has 31 heavy (non-hydrogen) atoms. The lowest BCUT2D eigenvalue weighted by Gasteiger charge is -2.37. The number of methoxy groups -OCH3 is 1. The molecule has 5 atom stereocenters. The fraction of sp³-hybridized carbons (Fsp3) is 0.960.